The smallest absolute Gasteiger partial charge is 0.244 e. The first-order valence-electron chi connectivity index (χ1n) is 6.00. The lowest BCUT2D eigenvalue weighted by molar-refractivity contribution is 0.115. The molecule has 2 N–H and O–H groups in total. The third kappa shape index (κ3) is 2.93. The van der Waals surface area contributed by atoms with E-state index in [-0.39, 0.29) is 16.0 Å². The van der Waals surface area contributed by atoms with Gasteiger partial charge in [0.2, 0.25) is 10.0 Å². The van der Waals surface area contributed by atoms with Gasteiger partial charge >= 0.3 is 0 Å². The molecule has 1 aliphatic rings. The Morgan fingerprint density at radius 3 is 2.79 bits per heavy atom. The van der Waals surface area contributed by atoms with Gasteiger partial charge in [-0.1, -0.05) is 17.7 Å². The molecule has 1 aromatic carbocycles. The summed E-state index contributed by atoms with van der Waals surface area (Å²) in [5.41, 5.74) is 6.31. The zero-order chi connectivity index (χ0) is 14.0. The van der Waals surface area contributed by atoms with Gasteiger partial charge < -0.3 is 10.5 Å². The maximum atomic E-state index is 12.5. The molecule has 1 saturated heterocycles. The predicted molar refractivity (Wildman–Crippen MR) is 73.5 cm³/mol. The van der Waals surface area contributed by atoms with E-state index in [1.54, 1.807) is 19.2 Å². The van der Waals surface area contributed by atoms with E-state index < -0.39 is 10.0 Å². The van der Waals surface area contributed by atoms with E-state index in [0.717, 1.165) is 5.56 Å². The number of halogens is 1. The van der Waals surface area contributed by atoms with E-state index in [4.69, 9.17) is 22.1 Å². The van der Waals surface area contributed by atoms with Crippen LogP contribution in [0.5, 0.6) is 0 Å². The highest BCUT2D eigenvalue weighted by molar-refractivity contribution is 7.89. The Labute approximate surface area is 118 Å². The van der Waals surface area contributed by atoms with E-state index in [0.29, 0.717) is 26.1 Å². The molecule has 0 bridgehead atoms. The normalized spacial score (nSPS) is 20.9. The van der Waals surface area contributed by atoms with Crippen LogP contribution in [0.15, 0.2) is 23.1 Å². The molecule has 7 heteroatoms. The second-order valence-electron chi connectivity index (χ2n) is 4.48. The minimum Gasteiger partial charge on any atom is -0.380 e. The van der Waals surface area contributed by atoms with Crippen LogP contribution in [0, 0.1) is 0 Å². The van der Waals surface area contributed by atoms with Crippen LogP contribution in [-0.2, 0) is 21.3 Å². The number of rotatable bonds is 4. The van der Waals surface area contributed by atoms with Crippen LogP contribution in [0.2, 0.25) is 5.02 Å². The molecule has 0 aliphatic carbocycles. The van der Waals surface area contributed by atoms with Crippen LogP contribution < -0.4 is 5.73 Å². The molecule has 19 heavy (non-hydrogen) atoms. The maximum Gasteiger partial charge on any atom is 0.244 e. The topological polar surface area (TPSA) is 72.6 Å². The average Bonchev–Trinajstić information content (AvgIpc) is 2.87. The summed E-state index contributed by atoms with van der Waals surface area (Å²) in [5, 5.41) is 0.212. The van der Waals surface area contributed by atoms with Crippen molar-refractivity contribution >= 4 is 21.6 Å². The first-order chi connectivity index (χ1) is 8.98. The van der Waals surface area contributed by atoms with Gasteiger partial charge in [0.1, 0.15) is 4.90 Å². The van der Waals surface area contributed by atoms with Crippen molar-refractivity contribution in [2.45, 2.75) is 24.0 Å². The second kappa shape index (κ2) is 5.76. The summed E-state index contributed by atoms with van der Waals surface area (Å²) >= 11 is 6.05. The van der Waals surface area contributed by atoms with Crippen molar-refractivity contribution < 1.29 is 13.2 Å². The van der Waals surface area contributed by atoms with Gasteiger partial charge in [0.25, 0.3) is 0 Å². The van der Waals surface area contributed by atoms with Gasteiger partial charge in [-0.05, 0) is 24.1 Å². The summed E-state index contributed by atoms with van der Waals surface area (Å²) in [6.45, 7) is 1.15. The van der Waals surface area contributed by atoms with Gasteiger partial charge in [0.15, 0.2) is 0 Å². The first kappa shape index (κ1) is 14.7. The minimum atomic E-state index is -3.56. The van der Waals surface area contributed by atoms with Gasteiger partial charge in [-0.2, -0.15) is 4.31 Å². The molecule has 1 unspecified atom stereocenters. The number of nitrogens with zero attached hydrogens (tertiary/aromatic N) is 1. The quantitative estimate of drug-likeness (QED) is 0.907. The molecular formula is C12H17ClN2O3S. The van der Waals surface area contributed by atoms with Crippen molar-refractivity contribution in [1.29, 1.82) is 0 Å². The number of methoxy groups -OCH3 is 1. The van der Waals surface area contributed by atoms with Gasteiger partial charge in [-0.15, -0.1) is 0 Å². The Morgan fingerprint density at radius 2 is 2.26 bits per heavy atom. The fourth-order valence-corrected chi connectivity index (χ4v) is 4.16. The van der Waals surface area contributed by atoms with Crippen molar-refractivity contribution in [3.8, 4) is 0 Å². The van der Waals surface area contributed by atoms with Crippen LogP contribution in [0.25, 0.3) is 0 Å². The van der Waals surface area contributed by atoms with E-state index in [1.807, 2.05) is 0 Å². The van der Waals surface area contributed by atoms with Crippen LogP contribution in [-0.4, -0.2) is 39.0 Å². The van der Waals surface area contributed by atoms with Crippen LogP contribution in [0.3, 0.4) is 0 Å². The van der Waals surface area contributed by atoms with E-state index >= 15 is 0 Å². The third-order valence-electron chi connectivity index (χ3n) is 3.29. The molecule has 0 spiro atoms. The van der Waals surface area contributed by atoms with Gasteiger partial charge in [0, 0.05) is 26.7 Å². The van der Waals surface area contributed by atoms with Crippen LogP contribution >= 0.6 is 11.6 Å². The Kier molecular flexibility index (Phi) is 4.47. The molecular weight excluding hydrogens is 288 g/mol. The highest BCUT2D eigenvalue weighted by Gasteiger charge is 2.33. The fraction of sp³-hybridized carbons (Fsp3) is 0.500. The molecule has 0 aromatic heterocycles. The lowest BCUT2D eigenvalue weighted by Crippen LogP contribution is -2.30. The summed E-state index contributed by atoms with van der Waals surface area (Å²) < 4.78 is 31.5. The molecule has 2 rings (SSSR count). The third-order valence-corrected chi connectivity index (χ3v) is 5.64. The highest BCUT2D eigenvalue weighted by Crippen LogP contribution is 2.28. The maximum absolute atomic E-state index is 12.5. The van der Waals surface area contributed by atoms with E-state index in [2.05, 4.69) is 0 Å². The first-order valence-corrected chi connectivity index (χ1v) is 7.82. The Hall–Kier alpha value is -0.660. The molecule has 1 fully saturated rings. The molecule has 1 aliphatic heterocycles. The molecule has 0 amide bonds. The number of hydrogen-bond donors (Lipinski definition) is 1. The van der Waals surface area contributed by atoms with Crippen LogP contribution in [0.4, 0.5) is 0 Å². The summed E-state index contributed by atoms with van der Waals surface area (Å²) in [7, 11) is -1.97. The molecule has 5 nitrogen and oxygen atoms in total. The lowest BCUT2D eigenvalue weighted by Gasteiger charge is -2.17. The van der Waals surface area contributed by atoms with Crippen molar-refractivity contribution in [2.75, 3.05) is 20.2 Å². The van der Waals surface area contributed by atoms with Gasteiger partial charge in [-0.3, -0.25) is 0 Å². The summed E-state index contributed by atoms with van der Waals surface area (Å²) in [6.07, 6.45) is 0.658. The molecule has 0 radical (unpaired) electrons. The summed E-state index contributed by atoms with van der Waals surface area (Å²) in [4.78, 5) is 0.128. The standard InChI is InChI=1S/C12H17ClN2O3S/c1-18-10-4-5-15(8-10)19(16,17)12-3-2-9(7-14)6-11(12)13/h2-3,6,10H,4-5,7-8,14H2,1H3. The SMILES string of the molecule is COC1CCN(S(=O)(=O)c2ccc(CN)cc2Cl)C1. The van der Waals surface area contributed by atoms with Crippen LogP contribution in [0.1, 0.15) is 12.0 Å². The fourth-order valence-electron chi connectivity index (χ4n) is 2.13. The van der Waals surface area contributed by atoms with E-state index in [1.165, 1.54) is 10.4 Å². The number of sulfonamides is 1. The molecule has 1 atom stereocenters. The average molecular weight is 305 g/mol. The summed E-state index contributed by atoms with van der Waals surface area (Å²) in [6, 6.07) is 4.79. The largest absolute Gasteiger partial charge is 0.380 e. The number of nitrogens with two attached hydrogens (primary N) is 1. The van der Waals surface area contributed by atoms with Crippen molar-refractivity contribution in [2.24, 2.45) is 5.73 Å². The Morgan fingerprint density at radius 1 is 1.53 bits per heavy atom. The monoisotopic (exact) mass is 304 g/mol. The summed E-state index contributed by atoms with van der Waals surface area (Å²) in [5.74, 6) is 0. The Bertz CT molecular complexity index is 562. The number of benzene rings is 1. The second-order valence-corrected chi connectivity index (χ2v) is 6.79. The molecule has 1 heterocycles. The minimum absolute atomic E-state index is 0.0446. The lowest BCUT2D eigenvalue weighted by atomic mass is 10.2. The van der Waals surface area contributed by atoms with Gasteiger partial charge in [-0.25, -0.2) is 8.42 Å². The predicted octanol–water partition coefficient (Wildman–Crippen LogP) is 1.21. The number of hydrogen-bond acceptors (Lipinski definition) is 4. The van der Waals surface area contributed by atoms with Crippen molar-refractivity contribution in [3.63, 3.8) is 0 Å². The van der Waals surface area contributed by atoms with E-state index in [9.17, 15) is 8.42 Å². The molecule has 106 valence electrons. The molecule has 1 aromatic rings. The zero-order valence-corrected chi connectivity index (χ0v) is 12.2. The molecule has 0 saturated carbocycles. The Balaban J connectivity index is 2.30. The van der Waals surface area contributed by atoms with Gasteiger partial charge in [0.05, 0.1) is 11.1 Å². The van der Waals surface area contributed by atoms with Crippen molar-refractivity contribution in [3.05, 3.63) is 28.8 Å². The number of ether oxygens (including phenoxy) is 1. The van der Waals surface area contributed by atoms with Crippen molar-refractivity contribution in [1.82, 2.24) is 4.31 Å². The zero-order valence-electron chi connectivity index (χ0n) is 10.7. The highest BCUT2D eigenvalue weighted by atomic mass is 35.5.